The number of nitrogens with zero attached hydrogens (tertiary/aromatic N) is 4. The van der Waals surface area contributed by atoms with Crippen LogP contribution in [0.5, 0.6) is 0 Å². The summed E-state index contributed by atoms with van der Waals surface area (Å²) in [7, 11) is 5.67. The molecule has 106 valence electrons. The molecule has 0 aromatic carbocycles. The lowest BCUT2D eigenvalue weighted by Gasteiger charge is -2.20. The molecule has 0 radical (unpaired) electrons. The summed E-state index contributed by atoms with van der Waals surface area (Å²) in [5.74, 6) is 2.60. The highest BCUT2D eigenvalue weighted by atomic mass is 15.3. The van der Waals surface area contributed by atoms with Gasteiger partial charge in [-0.15, -0.1) is 0 Å². The molecule has 0 atom stereocenters. The predicted octanol–water partition coefficient (Wildman–Crippen LogP) is 1.83. The van der Waals surface area contributed by atoms with Crippen LogP contribution in [0.4, 0.5) is 17.8 Å². The van der Waals surface area contributed by atoms with Gasteiger partial charge in [0.05, 0.1) is 0 Å². The van der Waals surface area contributed by atoms with Crippen LogP contribution < -0.4 is 15.5 Å². The Morgan fingerprint density at radius 3 is 2.26 bits per heavy atom. The SMILES string of the molecule is CNc1nc(NCC2(C(C)C)CC2)nc(N(C)C)n1. The van der Waals surface area contributed by atoms with Crippen molar-refractivity contribution >= 4 is 17.8 Å². The van der Waals surface area contributed by atoms with Crippen LogP contribution in [0.1, 0.15) is 26.7 Å². The second-order valence-electron chi connectivity index (χ2n) is 5.80. The average Bonchev–Trinajstić information content (AvgIpc) is 3.17. The number of rotatable bonds is 6. The molecule has 1 aliphatic rings. The highest BCUT2D eigenvalue weighted by Crippen LogP contribution is 2.51. The molecule has 0 amide bonds. The molecule has 0 saturated heterocycles. The van der Waals surface area contributed by atoms with Crippen molar-refractivity contribution in [2.75, 3.05) is 43.2 Å². The molecule has 1 saturated carbocycles. The Morgan fingerprint density at radius 1 is 1.16 bits per heavy atom. The molecule has 6 nitrogen and oxygen atoms in total. The van der Waals surface area contributed by atoms with Gasteiger partial charge >= 0.3 is 0 Å². The fourth-order valence-corrected chi connectivity index (χ4v) is 2.13. The smallest absolute Gasteiger partial charge is 0.231 e. The van der Waals surface area contributed by atoms with E-state index < -0.39 is 0 Å². The number of aromatic nitrogens is 3. The van der Waals surface area contributed by atoms with Crippen molar-refractivity contribution < 1.29 is 0 Å². The van der Waals surface area contributed by atoms with Gasteiger partial charge in [0.15, 0.2) is 0 Å². The summed E-state index contributed by atoms with van der Waals surface area (Å²) in [6.07, 6.45) is 2.59. The van der Waals surface area contributed by atoms with E-state index in [1.807, 2.05) is 26.0 Å². The minimum absolute atomic E-state index is 0.435. The van der Waals surface area contributed by atoms with Crippen molar-refractivity contribution in [1.29, 1.82) is 0 Å². The molecule has 19 heavy (non-hydrogen) atoms. The van der Waals surface area contributed by atoms with Crippen LogP contribution in [0.15, 0.2) is 0 Å². The summed E-state index contributed by atoms with van der Waals surface area (Å²) < 4.78 is 0. The van der Waals surface area contributed by atoms with Gasteiger partial charge < -0.3 is 15.5 Å². The van der Waals surface area contributed by atoms with Gasteiger partial charge in [0, 0.05) is 27.7 Å². The van der Waals surface area contributed by atoms with E-state index in [9.17, 15) is 0 Å². The zero-order chi connectivity index (χ0) is 14.0. The third-order valence-electron chi connectivity index (χ3n) is 3.96. The zero-order valence-electron chi connectivity index (χ0n) is 12.5. The van der Waals surface area contributed by atoms with Crippen LogP contribution in [0.2, 0.25) is 0 Å². The van der Waals surface area contributed by atoms with E-state index in [2.05, 4.69) is 39.4 Å². The van der Waals surface area contributed by atoms with Crippen LogP contribution in [0.3, 0.4) is 0 Å². The van der Waals surface area contributed by atoms with E-state index in [-0.39, 0.29) is 0 Å². The highest BCUT2D eigenvalue weighted by Gasteiger charge is 2.45. The van der Waals surface area contributed by atoms with Crippen LogP contribution in [0.25, 0.3) is 0 Å². The number of anilines is 3. The Balaban J connectivity index is 2.09. The molecule has 1 aliphatic carbocycles. The summed E-state index contributed by atoms with van der Waals surface area (Å²) >= 11 is 0. The Morgan fingerprint density at radius 2 is 1.79 bits per heavy atom. The summed E-state index contributed by atoms with van der Waals surface area (Å²) in [6.45, 7) is 5.50. The lowest BCUT2D eigenvalue weighted by atomic mass is 9.92. The number of nitrogens with one attached hydrogen (secondary N) is 2. The lowest BCUT2D eigenvalue weighted by molar-refractivity contribution is 0.379. The quantitative estimate of drug-likeness (QED) is 0.817. The highest BCUT2D eigenvalue weighted by molar-refractivity contribution is 5.42. The zero-order valence-corrected chi connectivity index (χ0v) is 12.5. The normalized spacial score (nSPS) is 16.3. The molecule has 0 unspecified atom stereocenters. The van der Waals surface area contributed by atoms with Crippen molar-refractivity contribution in [1.82, 2.24) is 15.0 Å². The fraction of sp³-hybridized carbons (Fsp3) is 0.769. The first-order valence-corrected chi connectivity index (χ1v) is 6.82. The van der Waals surface area contributed by atoms with Gasteiger partial charge in [-0.25, -0.2) is 0 Å². The number of hydrogen-bond donors (Lipinski definition) is 2. The monoisotopic (exact) mass is 264 g/mol. The van der Waals surface area contributed by atoms with Gasteiger partial charge in [-0.2, -0.15) is 15.0 Å². The maximum Gasteiger partial charge on any atom is 0.231 e. The topological polar surface area (TPSA) is 66.0 Å². The van der Waals surface area contributed by atoms with Gasteiger partial charge in [0.25, 0.3) is 0 Å². The van der Waals surface area contributed by atoms with Gasteiger partial charge in [-0.05, 0) is 24.2 Å². The molecule has 6 heteroatoms. The molecular weight excluding hydrogens is 240 g/mol. The Bertz CT molecular complexity index is 439. The van der Waals surface area contributed by atoms with Crippen LogP contribution in [-0.4, -0.2) is 42.6 Å². The first kappa shape index (κ1) is 13.8. The predicted molar refractivity (Wildman–Crippen MR) is 78.7 cm³/mol. The summed E-state index contributed by atoms with van der Waals surface area (Å²) in [4.78, 5) is 15.0. The first-order chi connectivity index (χ1) is 8.97. The molecule has 1 aromatic rings. The molecule has 1 fully saturated rings. The van der Waals surface area contributed by atoms with Gasteiger partial charge in [0.1, 0.15) is 0 Å². The van der Waals surface area contributed by atoms with Crippen LogP contribution >= 0.6 is 0 Å². The molecule has 1 aromatic heterocycles. The van der Waals surface area contributed by atoms with E-state index in [0.29, 0.717) is 29.2 Å². The lowest BCUT2D eigenvalue weighted by Crippen LogP contribution is -2.23. The molecule has 0 bridgehead atoms. The van der Waals surface area contributed by atoms with E-state index in [4.69, 9.17) is 0 Å². The maximum atomic E-state index is 4.42. The van der Waals surface area contributed by atoms with Crippen molar-refractivity contribution in [3.8, 4) is 0 Å². The minimum atomic E-state index is 0.435. The second-order valence-corrected chi connectivity index (χ2v) is 5.80. The summed E-state index contributed by atoms with van der Waals surface area (Å²) in [6, 6.07) is 0. The van der Waals surface area contributed by atoms with E-state index in [1.165, 1.54) is 12.8 Å². The average molecular weight is 264 g/mol. The number of hydrogen-bond acceptors (Lipinski definition) is 6. The third kappa shape index (κ3) is 3.05. The van der Waals surface area contributed by atoms with E-state index in [1.54, 1.807) is 0 Å². The van der Waals surface area contributed by atoms with Crippen molar-refractivity contribution in [2.24, 2.45) is 11.3 Å². The van der Waals surface area contributed by atoms with Gasteiger partial charge in [-0.3, -0.25) is 0 Å². The standard InChI is InChI=1S/C13H24N6/c1-9(2)13(6-7-13)8-15-11-16-10(14-3)17-12(18-11)19(4)5/h9H,6-8H2,1-5H3,(H2,14,15,16,17,18). The van der Waals surface area contributed by atoms with Crippen LogP contribution in [0, 0.1) is 11.3 Å². The Hall–Kier alpha value is -1.59. The summed E-state index contributed by atoms with van der Waals surface area (Å²) in [5.41, 5.74) is 0.435. The second kappa shape index (κ2) is 5.19. The van der Waals surface area contributed by atoms with Crippen molar-refractivity contribution in [3.63, 3.8) is 0 Å². The maximum absolute atomic E-state index is 4.42. The fourth-order valence-electron chi connectivity index (χ4n) is 2.13. The minimum Gasteiger partial charge on any atom is -0.357 e. The molecule has 0 spiro atoms. The van der Waals surface area contributed by atoms with E-state index in [0.717, 1.165) is 6.54 Å². The summed E-state index contributed by atoms with van der Waals surface area (Å²) in [5, 5.41) is 6.34. The third-order valence-corrected chi connectivity index (χ3v) is 3.96. The molecule has 2 N–H and O–H groups in total. The molecule has 1 heterocycles. The van der Waals surface area contributed by atoms with Crippen molar-refractivity contribution in [3.05, 3.63) is 0 Å². The first-order valence-electron chi connectivity index (χ1n) is 6.82. The van der Waals surface area contributed by atoms with Gasteiger partial charge in [0.2, 0.25) is 17.8 Å². The molecule has 0 aliphatic heterocycles. The van der Waals surface area contributed by atoms with E-state index >= 15 is 0 Å². The Labute approximate surface area is 115 Å². The van der Waals surface area contributed by atoms with Gasteiger partial charge in [-0.1, -0.05) is 13.8 Å². The molecular formula is C13H24N6. The van der Waals surface area contributed by atoms with Crippen molar-refractivity contribution in [2.45, 2.75) is 26.7 Å². The largest absolute Gasteiger partial charge is 0.357 e. The molecule has 2 rings (SSSR count). The Kier molecular flexibility index (Phi) is 3.78. The van der Waals surface area contributed by atoms with Crippen LogP contribution in [-0.2, 0) is 0 Å².